The average Bonchev–Trinajstić information content (AvgIpc) is 3.08. The van der Waals surface area contributed by atoms with Crippen molar-refractivity contribution in [3.8, 4) is 11.1 Å². The van der Waals surface area contributed by atoms with Crippen molar-refractivity contribution in [2.75, 3.05) is 13.2 Å². The number of hydrogen-bond acceptors (Lipinski definition) is 2. The number of benzene rings is 3. The second-order valence-electron chi connectivity index (χ2n) is 7.12. The molecule has 3 aromatic rings. The molecular weight excluding hydrogens is 417 g/mol. The SMILES string of the molecule is O=C(NCCC=Cc1ccc(Cl)c(Cl)c1)OCC1c2ccccc2-c2ccccc21. The van der Waals surface area contributed by atoms with Crippen molar-refractivity contribution >= 4 is 35.4 Å². The molecule has 0 heterocycles. The Bertz CT molecular complexity index is 1050. The highest BCUT2D eigenvalue weighted by Crippen LogP contribution is 2.44. The molecule has 0 saturated heterocycles. The van der Waals surface area contributed by atoms with Gasteiger partial charge in [0.15, 0.2) is 0 Å². The summed E-state index contributed by atoms with van der Waals surface area (Å²) in [7, 11) is 0. The molecule has 0 bridgehead atoms. The highest BCUT2D eigenvalue weighted by Gasteiger charge is 2.28. The van der Waals surface area contributed by atoms with Crippen molar-refractivity contribution in [2.24, 2.45) is 0 Å². The number of ether oxygens (including phenoxy) is 1. The fourth-order valence-corrected chi connectivity index (χ4v) is 4.05. The Kier molecular flexibility index (Phi) is 6.41. The van der Waals surface area contributed by atoms with Gasteiger partial charge in [-0.25, -0.2) is 4.79 Å². The van der Waals surface area contributed by atoms with E-state index in [0.717, 1.165) is 5.56 Å². The summed E-state index contributed by atoms with van der Waals surface area (Å²) in [5, 5.41) is 3.86. The number of halogens is 2. The Morgan fingerprint density at radius 2 is 1.60 bits per heavy atom. The van der Waals surface area contributed by atoms with Crippen LogP contribution in [0.2, 0.25) is 10.0 Å². The monoisotopic (exact) mass is 437 g/mol. The number of alkyl carbamates (subject to hydrolysis) is 1. The molecule has 0 atom stereocenters. The predicted octanol–water partition coefficient (Wildman–Crippen LogP) is 6.94. The number of carbonyl (C=O) groups is 1. The Balaban J connectivity index is 1.27. The smallest absolute Gasteiger partial charge is 0.407 e. The maximum atomic E-state index is 12.1. The number of hydrogen-bond donors (Lipinski definition) is 1. The standard InChI is InChI=1S/C25H21Cl2NO2/c26-23-13-12-17(15-24(23)27)7-5-6-14-28-25(29)30-16-22-20-10-3-1-8-18(20)19-9-2-4-11-21(19)22/h1-5,7-13,15,22H,6,14,16H2,(H,28,29). The molecule has 3 nitrogen and oxygen atoms in total. The number of rotatable bonds is 6. The maximum absolute atomic E-state index is 12.1. The summed E-state index contributed by atoms with van der Waals surface area (Å²) in [6.07, 6.45) is 4.20. The summed E-state index contributed by atoms with van der Waals surface area (Å²) >= 11 is 11.9. The zero-order chi connectivity index (χ0) is 20.9. The van der Waals surface area contributed by atoms with Crippen molar-refractivity contribution in [1.82, 2.24) is 5.32 Å². The number of nitrogens with one attached hydrogen (secondary N) is 1. The van der Waals surface area contributed by atoms with Gasteiger partial charge in [-0.15, -0.1) is 0 Å². The molecule has 1 aliphatic carbocycles. The topological polar surface area (TPSA) is 38.3 Å². The highest BCUT2D eigenvalue weighted by atomic mass is 35.5. The Morgan fingerprint density at radius 1 is 0.933 bits per heavy atom. The molecule has 0 fully saturated rings. The van der Waals surface area contributed by atoms with Gasteiger partial charge in [-0.05, 0) is 46.4 Å². The Labute approximate surface area is 186 Å². The van der Waals surface area contributed by atoms with Crippen LogP contribution in [-0.2, 0) is 4.74 Å². The molecule has 3 aromatic carbocycles. The van der Waals surface area contributed by atoms with Gasteiger partial charge in [-0.1, -0.05) is 90.0 Å². The zero-order valence-corrected chi connectivity index (χ0v) is 17.8. The minimum atomic E-state index is -0.403. The van der Waals surface area contributed by atoms with Gasteiger partial charge in [0.2, 0.25) is 0 Å². The van der Waals surface area contributed by atoms with Crippen LogP contribution in [0.4, 0.5) is 4.79 Å². The molecule has 5 heteroatoms. The van der Waals surface area contributed by atoms with E-state index in [0.29, 0.717) is 29.6 Å². The van der Waals surface area contributed by atoms with E-state index >= 15 is 0 Å². The van der Waals surface area contributed by atoms with E-state index in [1.165, 1.54) is 22.3 Å². The summed E-state index contributed by atoms with van der Waals surface area (Å²) in [6, 6.07) is 22.0. The minimum Gasteiger partial charge on any atom is -0.449 e. The number of carbonyl (C=O) groups excluding carboxylic acids is 1. The van der Waals surface area contributed by atoms with E-state index in [1.807, 2.05) is 42.5 Å². The first-order valence-corrected chi connectivity index (χ1v) is 10.6. The molecule has 1 aliphatic rings. The van der Waals surface area contributed by atoms with Crippen LogP contribution in [-0.4, -0.2) is 19.2 Å². The molecule has 1 N–H and O–H groups in total. The van der Waals surface area contributed by atoms with Crippen LogP contribution in [0.3, 0.4) is 0 Å². The third-order valence-electron chi connectivity index (χ3n) is 5.18. The van der Waals surface area contributed by atoms with Gasteiger partial charge >= 0.3 is 6.09 Å². The van der Waals surface area contributed by atoms with Crippen LogP contribution >= 0.6 is 23.2 Å². The van der Waals surface area contributed by atoms with Gasteiger partial charge in [-0.2, -0.15) is 0 Å². The first kappa shape index (κ1) is 20.5. The summed E-state index contributed by atoms with van der Waals surface area (Å²) < 4.78 is 5.53. The van der Waals surface area contributed by atoms with Gasteiger partial charge < -0.3 is 10.1 Å². The number of fused-ring (bicyclic) bond motifs is 3. The lowest BCUT2D eigenvalue weighted by Gasteiger charge is -2.14. The molecule has 0 radical (unpaired) electrons. The van der Waals surface area contributed by atoms with Gasteiger partial charge in [0.05, 0.1) is 10.0 Å². The molecule has 1 amide bonds. The minimum absolute atomic E-state index is 0.0673. The molecule has 0 unspecified atom stereocenters. The molecular formula is C25H21Cl2NO2. The molecule has 0 aliphatic heterocycles. The van der Waals surface area contributed by atoms with E-state index in [9.17, 15) is 4.79 Å². The van der Waals surface area contributed by atoms with E-state index in [2.05, 4.69) is 29.6 Å². The van der Waals surface area contributed by atoms with Gasteiger partial charge in [0, 0.05) is 12.5 Å². The van der Waals surface area contributed by atoms with Crippen molar-refractivity contribution in [3.63, 3.8) is 0 Å². The molecule has 4 rings (SSSR count). The average molecular weight is 438 g/mol. The molecule has 152 valence electrons. The summed E-state index contributed by atoms with van der Waals surface area (Å²) in [4.78, 5) is 12.1. The normalized spacial score (nSPS) is 12.6. The summed E-state index contributed by atoms with van der Waals surface area (Å²) in [5.41, 5.74) is 5.81. The summed E-state index contributed by atoms with van der Waals surface area (Å²) in [6.45, 7) is 0.813. The van der Waals surface area contributed by atoms with Crippen LogP contribution in [0.5, 0.6) is 0 Å². The molecule has 0 aromatic heterocycles. The first-order valence-electron chi connectivity index (χ1n) is 9.84. The van der Waals surface area contributed by atoms with Gasteiger partial charge in [0.25, 0.3) is 0 Å². The van der Waals surface area contributed by atoms with Crippen LogP contribution in [0.1, 0.15) is 29.0 Å². The van der Waals surface area contributed by atoms with Crippen LogP contribution in [0.25, 0.3) is 17.2 Å². The lowest BCUT2D eigenvalue weighted by atomic mass is 9.98. The van der Waals surface area contributed by atoms with Crippen LogP contribution in [0.15, 0.2) is 72.8 Å². The second kappa shape index (κ2) is 9.38. The Hall–Kier alpha value is -2.75. The van der Waals surface area contributed by atoms with E-state index < -0.39 is 6.09 Å². The quantitative estimate of drug-likeness (QED) is 0.424. The summed E-state index contributed by atoms with van der Waals surface area (Å²) in [5.74, 6) is 0.0673. The third-order valence-corrected chi connectivity index (χ3v) is 5.92. The largest absolute Gasteiger partial charge is 0.449 e. The Morgan fingerprint density at radius 3 is 2.27 bits per heavy atom. The lowest BCUT2D eigenvalue weighted by Crippen LogP contribution is -2.26. The molecule has 0 spiro atoms. The molecule has 30 heavy (non-hydrogen) atoms. The van der Waals surface area contributed by atoms with Crippen molar-refractivity contribution in [3.05, 3.63) is 99.5 Å². The van der Waals surface area contributed by atoms with Crippen LogP contribution in [0, 0.1) is 0 Å². The van der Waals surface area contributed by atoms with E-state index in [4.69, 9.17) is 27.9 Å². The van der Waals surface area contributed by atoms with E-state index in [1.54, 1.807) is 12.1 Å². The predicted molar refractivity (Wildman–Crippen MR) is 123 cm³/mol. The van der Waals surface area contributed by atoms with Gasteiger partial charge in [0.1, 0.15) is 6.61 Å². The van der Waals surface area contributed by atoms with Crippen molar-refractivity contribution < 1.29 is 9.53 Å². The van der Waals surface area contributed by atoms with Crippen molar-refractivity contribution in [2.45, 2.75) is 12.3 Å². The van der Waals surface area contributed by atoms with Crippen molar-refractivity contribution in [1.29, 1.82) is 0 Å². The maximum Gasteiger partial charge on any atom is 0.407 e. The fourth-order valence-electron chi connectivity index (χ4n) is 3.74. The fraction of sp³-hybridized carbons (Fsp3) is 0.160. The zero-order valence-electron chi connectivity index (χ0n) is 16.3. The third kappa shape index (κ3) is 4.53. The van der Waals surface area contributed by atoms with E-state index in [-0.39, 0.29) is 5.92 Å². The molecule has 0 saturated carbocycles. The first-order chi connectivity index (χ1) is 14.6. The highest BCUT2D eigenvalue weighted by molar-refractivity contribution is 6.42. The second-order valence-corrected chi connectivity index (χ2v) is 7.93. The number of amides is 1. The van der Waals surface area contributed by atoms with Gasteiger partial charge in [-0.3, -0.25) is 0 Å². The lowest BCUT2D eigenvalue weighted by molar-refractivity contribution is 0.143. The van der Waals surface area contributed by atoms with Crippen LogP contribution < -0.4 is 5.32 Å².